The third kappa shape index (κ3) is 4.29. The van der Waals surface area contributed by atoms with Crippen molar-refractivity contribution in [2.45, 2.75) is 13.3 Å². The fraction of sp³-hybridized carbons (Fsp3) is 0.348. The Balaban J connectivity index is 1.45. The van der Waals surface area contributed by atoms with Gasteiger partial charge in [-0.15, -0.1) is 0 Å². The van der Waals surface area contributed by atoms with E-state index in [0.717, 1.165) is 11.3 Å². The Hall–Kier alpha value is -2.90. The summed E-state index contributed by atoms with van der Waals surface area (Å²) in [4.78, 5) is 32.5. The molecule has 7 nitrogen and oxygen atoms in total. The molecule has 0 saturated carbocycles. The molecule has 2 aromatic carbocycles. The number of methoxy groups -OCH3 is 2. The summed E-state index contributed by atoms with van der Waals surface area (Å²) < 4.78 is 10.5. The highest BCUT2D eigenvalue weighted by atomic mass is 35.5. The van der Waals surface area contributed by atoms with Crippen LogP contribution in [0, 0.1) is 12.8 Å². The van der Waals surface area contributed by atoms with Gasteiger partial charge in [0, 0.05) is 53.3 Å². The SMILES string of the molecule is COc1cc(NC(=O)CN2CCC3=Nc4c(ccc(Cl)c4C)C(=O)C3C2)cc(OC)c1. The van der Waals surface area contributed by atoms with Crippen molar-refractivity contribution in [3.8, 4) is 11.5 Å². The standard InChI is InChI=1S/C23H24ClN3O4/c1-13-19(24)5-4-17-22(13)26-20-6-7-27(11-18(20)23(17)29)12-21(28)25-14-8-15(30-2)10-16(9-14)31-3/h4-5,8-10,18H,6-7,11-12H2,1-3H3,(H,25,28). The number of aliphatic imine (C=N–C) groups is 1. The third-order valence-corrected chi connectivity index (χ3v) is 6.14. The molecule has 162 valence electrons. The topological polar surface area (TPSA) is 80.2 Å². The van der Waals surface area contributed by atoms with Crippen LogP contribution in [0.1, 0.15) is 22.3 Å². The number of likely N-dealkylation sites (tertiary alicyclic amines) is 1. The second kappa shape index (κ2) is 8.69. The Morgan fingerprint density at radius 3 is 2.61 bits per heavy atom. The molecule has 0 bridgehead atoms. The van der Waals surface area contributed by atoms with Crippen LogP contribution >= 0.6 is 11.6 Å². The smallest absolute Gasteiger partial charge is 0.238 e. The van der Waals surface area contributed by atoms with Crippen molar-refractivity contribution in [1.29, 1.82) is 0 Å². The molecule has 0 spiro atoms. The number of amides is 1. The Bertz CT molecular complexity index is 1060. The summed E-state index contributed by atoms with van der Waals surface area (Å²) in [5.41, 5.74) is 3.58. The first-order valence-electron chi connectivity index (χ1n) is 10.1. The normalized spacial score (nSPS) is 18.0. The van der Waals surface area contributed by atoms with Gasteiger partial charge < -0.3 is 14.8 Å². The predicted octanol–water partition coefficient (Wildman–Crippen LogP) is 3.90. The molecule has 2 aliphatic rings. The highest BCUT2D eigenvalue weighted by Gasteiger charge is 2.36. The second-order valence-electron chi connectivity index (χ2n) is 7.72. The van der Waals surface area contributed by atoms with Crippen LogP contribution in [0.15, 0.2) is 35.3 Å². The minimum absolute atomic E-state index is 0.0439. The Kier molecular flexibility index (Phi) is 5.98. The first-order valence-corrected chi connectivity index (χ1v) is 10.4. The predicted molar refractivity (Wildman–Crippen MR) is 120 cm³/mol. The lowest BCUT2D eigenvalue weighted by Gasteiger charge is -2.35. The van der Waals surface area contributed by atoms with Crippen molar-refractivity contribution in [2.24, 2.45) is 10.9 Å². The van der Waals surface area contributed by atoms with Crippen LogP contribution < -0.4 is 14.8 Å². The summed E-state index contributed by atoms with van der Waals surface area (Å²) in [6.07, 6.45) is 0.641. The Morgan fingerprint density at radius 2 is 1.94 bits per heavy atom. The van der Waals surface area contributed by atoms with E-state index in [4.69, 9.17) is 26.1 Å². The lowest BCUT2D eigenvalue weighted by Crippen LogP contribution is -2.47. The molecule has 8 heteroatoms. The van der Waals surface area contributed by atoms with Gasteiger partial charge in [0.15, 0.2) is 5.78 Å². The molecule has 2 aromatic rings. The van der Waals surface area contributed by atoms with Crippen molar-refractivity contribution < 1.29 is 19.1 Å². The summed E-state index contributed by atoms with van der Waals surface area (Å²) >= 11 is 6.20. The molecule has 1 atom stereocenters. The molecule has 2 heterocycles. The van der Waals surface area contributed by atoms with Gasteiger partial charge in [0.1, 0.15) is 11.5 Å². The van der Waals surface area contributed by atoms with E-state index in [9.17, 15) is 9.59 Å². The van der Waals surface area contributed by atoms with Crippen LogP contribution in [0.4, 0.5) is 11.4 Å². The molecule has 4 rings (SSSR count). The molecule has 1 amide bonds. The largest absolute Gasteiger partial charge is 0.497 e. The Labute approximate surface area is 186 Å². The summed E-state index contributed by atoms with van der Waals surface area (Å²) in [6, 6.07) is 8.69. The first-order chi connectivity index (χ1) is 14.9. The van der Waals surface area contributed by atoms with Crippen LogP contribution in [-0.4, -0.2) is 56.2 Å². The summed E-state index contributed by atoms with van der Waals surface area (Å²) in [5.74, 6) is 0.738. The van der Waals surface area contributed by atoms with E-state index >= 15 is 0 Å². The van der Waals surface area contributed by atoms with E-state index in [-0.39, 0.29) is 24.2 Å². The number of nitrogens with zero attached hydrogens (tertiary/aromatic N) is 2. The molecular weight excluding hydrogens is 418 g/mol. The third-order valence-electron chi connectivity index (χ3n) is 5.73. The number of halogens is 1. The number of hydrogen-bond donors (Lipinski definition) is 1. The highest BCUT2D eigenvalue weighted by Crippen LogP contribution is 2.37. The number of hydrogen-bond acceptors (Lipinski definition) is 6. The van der Waals surface area contributed by atoms with Gasteiger partial charge in [-0.3, -0.25) is 19.5 Å². The van der Waals surface area contributed by atoms with Crippen LogP contribution in [-0.2, 0) is 4.79 Å². The van der Waals surface area contributed by atoms with Crippen molar-refractivity contribution in [1.82, 2.24) is 4.90 Å². The summed E-state index contributed by atoms with van der Waals surface area (Å²) in [6.45, 7) is 3.19. The quantitative estimate of drug-likeness (QED) is 0.761. The van der Waals surface area contributed by atoms with Gasteiger partial charge in [-0.2, -0.15) is 0 Å². The van der Waals surface area contributed by atoms with Gasteiger partial charge >= 0.3 is 0 Å². The number of Topliss-reactive ketones (excluding diaryl/α,β-unsaturated/α-hetero) is 1. The van der Waals surface area contributed by atoms with E-state index in [2.05, 4.69) is 5.32 Å². The number of benzene rings is 2. The maximum absolute atomic E-state index is 13.1. The van der Waals surface area contributed by atoms with Crippen molar-refractivity contribution in [2.75, 3.05) is 39.2 Å². The number of carbonyl (C=O) groups excluding carboxylic acids is 2. The number of fused-ring (bicyclic) bond motifs is 2. The average molecular weight is 442 g/mol. The van der Waals surface area contributed by atoms with Gasteiger partial charge in [0.25, 0.3) is 0 Å². The molecule has 2 aliphatic heterocycles. The number of carbonyl (C=O) groups is 2. The molecule has 0 aromatic heterocycles. The van der Waals surface area contributed by atoms with Crippen molar-refractivity contribution in [3.05, 3.63) is 46.5 Å². The number of piperidine rings is 1. The molecule has 1 fully saturated rings. The lowest BCUT2D eigenvalue weighted by molar-refractivity contribution is -0.117. The van der Waals surface area contributed by atoms with Gasteiger partial charge in [-0.05, 0) is 31.0 Å². The second-order valence-corrected chi connectivity index (χ2v) is 8.13. The molecule has 0 radical (unpaired) electrons. The first kappa shape index (κ1) is 21.3. The van der Waals surface area contributed by atoms with Crippen LogP contribution in [0.3, 0.4) is 0 Å². The zero-order valence-corrected chi connectivity index (χ0v) is 18.5. The van der Waals surface area contributed by atoms with E-state index in [1.807, 2.05) is 11.8 Å². The van der Waals surface area contributed by atoms with Gasteiger partial charge in [0.2, 0.25) is 5.91 Å². The zero-order valence-electron chi connectivity index (χ0n) is 17.7. The molecule has 1 saturated heterocycles. The van der Waals surface area contributed by atoms with E-state index < -0.39 is 0 Å². The average Bonchev–Trinajstić information content (AvgIpc) is 2.76. The number of anilines is 1. The number of ketones is 1. The van der Waals surface area contributed by atoms with Crippen LogP contribution in [0.2, 0.25) is 5.02 Å². The molecule has 0 aliphatic carbocycles. The molecule has 31 heavy (non-hydrogen) atoms. The summed E-state index contributed by atoms with van der Waals surface area (Å²) in [7, 11) is 3.12. The zero-order chi connectivity index (χ0) is 22.1. The number of ether oxygens (including phenoxy) is 2. The van der Waals surface area contributed by atoms with E-state index in [0.29, 0.717) is 53.0 Å². The van der Waals surface area contributed by atoms with Crippen LogP contribution in [0.25, 0.3) is 0 Å². The number of nitrogens with one attached hydrogen (secondary N) is 1. The fourth-order valence-corrected chi connectivity index (χ4v) is 4.20. The minimum Gasteiger partial charge on any atom is -0.497 e. The van der Waals surface area contributed by atoms with Crippen LogP contribution in [0.5, 0.6) is 11.5 Å². The maximum Gasteiger partial charge on any atom is 0.238 e. The van der Waals surface area contributed by atoms with Gasteiger partial charge in [-0.25, -0.2) is 0 Å². The fourth-order valence-electron chi connectivity index (χ4n) is 4.05. The Morgan fingerprint density at radius 1 is 1.23 bits per heavy atom. The van der Waals surface area contributed by atoms with Crippen molar-refractivity contribution >= 4 is 40.4 Å². The molecular formula is C23H24ClN3O4. The van der Waals surface area contributed by atoms with Gasteiger partial charge in [0.05, 0.1) is 32.4 Å². The van der Waals surface area contributed by atoms with E-state index in [1.54, 1.807) is 44.6 Å². The number of rotatable bonds is 5. The minimum atomic E-state index is -0.327. The maximum atomic E-state index is 13.1. The van der Waals surface area contributed by atoms with Crippen molar-refractivity contribution in [3.63, 3.8) is 0 Å². The monoisotopic (exact) mass is 441 g/mol. The lowest BCUT2D eigenvalue weighted by atomic mass is 9.84. The summed E-state index contributed by atoms with van der Waals surface area (Å²) in [5, 5.41) is 3.49. The highest BCUT2D eigenvalue weighted by molar-refractivity contribution is 6.32. The van der Waals surface area contributed by atoms with Gasteiger partial charge in [-0.1, -0.05) is 11.6 Å². The molecule has 1 N–H and O–H groups in total. The van der Waals surface area contributed by atoms with E-state index in [1.165, 1.54) is 0 Å². The molecule has 1 unspecified atom stereocenters.